The number of halogens is 2. The SMILES string of the molecule is Fc1cccc(Cn2cc(CCCBr)cn2)c1. The van der Waals surface area contributed by atoms with Gasteiger partial charge in [0.2, 0.25) is 0 Å². The molecular formula is C13H14BrFN2. The molecule has 17 heavy (non-hydrogen) atoms. The molecule has 2 rings (SSSR count). The summed E-state index contributed by atoms with van der Waals surface area (Å²) >= 11 is 3.41. The van der Waals surface area contributed by atoms with E-state index in [1.54, 1.807) is 12.1 Å². The molecule has 0 saturated heterocycles. The Hall–Kier alpha value is -1.16. The first-order chi connectivity index (χ1) is 8.28. The Bertz CT molecular complexity index is 482. The van der Waals surface area contributed by atoms with Gasteiger partial charge in [-0.05, 0) is 36.1 Å². The summed E-state index contributed by atoms with van der Waals surface area (Å²) in [5.41, 5.74) is 2.15. The molecule has 90 valence electrons. The Morgan fingerprint density at radius 1 is 1.29 bits per heavy atom. The molecule has 0 aliphatic carbocycles. The van der Waals surface area contributed by atoms with Crippen LogP contribution in [0.2, 0.25) is 0 Å². The van der Waals surface area contributed by atoms with Gasteiger partial charge in [-0.2, -0.15) is 5.10 Å². The predicted molar refractivity (Wildman–Crippen MR) is 69.8 cm³/mol. The van der Waals surface area contributed by atoms with Gasteiger partial charge in [-0.1, -0.05) is 28.1 Å². The molecule has 2 aromatic rings. The van der Waals surface area contributed by atoms with E-state index in [4.69, 9.17) is 0 Å². The maximum Gasteiger partial charge on any atom is 0.123 e. The van der Waals surface area contributed by atoms with Crippen LogP contribution in [0.4, 0.5) is 4.39 Å². The lowest BCUT2D eigenvalue weighted by molar-refractivity contribution is 0.619. The minimum absolute atomic E-state index is 0.200. The summed E-state index contributed by atoms with van der Waals surface area (Å²) in [6.45, 7) is 0.617. The summed E-state index contributed by atoms with van der Waals surface area (Å²) in [6.07, 6.45) is 6.02. The van der Waals surface area contributed by atoms with Crippen molar-refractivity contribution in [3.63, 3.8) is 0 Å². The van der Waals surface area contributed by atoms with E-state index in [-0.39, 0.29) is 5.82 Å². The highest BCUT2D eigenvalue weighted by atomic mass is 79.9. The smallest absolute Gasteiger partial charge is 0.123 e. The molecule has 0 N–H and O–H groups in total. The van der Waals surface area contributed by atoms with Crippen molar-refractivity contribution in [2.75, 3.05) is 5.33 Å². The standard InChI is InChI=1S/C13H14BrFN2/c14-6-2-4-12-8-16-17(10-12)9-11-3-1-5-13(15)7-11/h1,3,5,7-8,10H,2,4,6,9H2. The van der Waals surface area contributed by atoms with Gasteiger partial charge in [-0.3, -0.25) is 4.68 Å². The summed E-state index contributed by atoms with van der Waals surface area (Å²) in [7, 11) is 0. The van der Waals surface area contributed by atoms with Gasteiger partial charge in [0.05, 0.1) is 12.7 Å². The highest BCUT2D eigenvalue weighted by molar-refractivity contribution is 9.09. The zero-order valence-corrected chi connectivity index (χ0v) is 11.0. The molecule has 0 radical (unpaired) electrons. The van der Waals surface area contributed by atoms with E-state index in [0.29, 0.717) is 6.54 Å². The third kappa shape index (κ3) is 3.66. The third-order valence-electron chi connectivity index (χ3n) is 2.52. The van der Waals surface area contributed by atoms with Crippen LogP contribution < -0.4 is 0 Å². The first kappa shape index (κ1) is 12.3. The van der Waals surface area contributed by atoms with Crippen molar-refractivity contribution < 1.29 is 4.39 Å². The number of nitrogens with zero attached hydrogens (tertiary/aromatic N) is 2. The normalized spacial score (nSPS) is 10.7. The van der Waals surface area contributed by atoms with Crippen LogP contribution in [-0.4, -0.2) is 15.1 Å². The molecule has 0 aliphatic rings. The second kappa shape index (κ2) is 5.96. The zero-order chi connectivity index (χ0) is 12.1. The molecular weight excluding hydrogens is 283 g/mol. The van der Waals surface area contributed by atoms with Gasteiger partial charge >= 0.3 is 0 Å². The number of benzene rings is 1. The zero-order valence-electron chi connectivity index (χ0n) is 9.44. The first-order valence-electron chi connectivity index (χ1n) is 5.59. The van der Waals surface area contributed by atoms with E-state index in [2.05, 4.69) is 21.0 Å². The van der Waals surface area contributed by atoms with Gasteiger partial charge in [0.1, 0.15) is 5.82 Å². The molecule has 0 saturated carbocycles. The number of aryl methyl sites for hydroxylation is 1. The highest BCUT2D eigenvalue weighted by Gasteiger charge is 2.00. The van der Waals surface area contributed by atoms with E-state index in [9.17, 15) is 4.39 Å². The van der Waals surface area contributed by atoms with Crippen molar-refractivity contribution in [2.24, 2.45) is 0 Å². The lowest BCUT2D eigenvalue weighted by atomic mass is 10.2. The fraction of sp³-hybridized carbons (Fsp3) is 0.308. The lowest BCUT2D eigenvalue weighted by Gasteiger charge is -2.01. The maximum absolute atomic E-state index is 13.0. The Morgan fingerprint density at radius 3 is 2.94 bits per heavy atom. The van der Waals surface area contributed by atoms with Crippen LogP contribution in [0.3, 0.4) is 0 Å². The number of hydrogen-bond donors (Lipinski definition) is 0. The van der Waals surface area contributed by atoms with Gasteiger partial charge in [-0.25, -0.2) is 4.39 Å². The Morgan fingerprint density at radius 2 is 2.18 bits per heavy atom. The predicted octanol–water partition coefficient (Wildman–Crippen LogP) is 3.40. The van der Waals surface area contributed by atoms with Crippen molar-refractivity contribution in [1.82, 2.24) is 9.78 Å². The molecule has 0 amide bonds. The third-order valence-corrected chi connectivity index (χ3v) is 3.08. The van der Waals surface area contributed by atoms with Crippen molar-refractivity contribution >= 4 is 15.9 Å². The number of aromatic nitrogens is 2. The molecule has 0 aliphatic heterocycles. The van der Waals surface area contributed by atoms with Gasteiger partial charge < -0.3 is 0 Å². The van der Waals surface area contributed by atoms with E-state index in [1.165, 1.54) is 11.6 Å². The van der Waals surface area contributed by atoms with Crippen molar-refractivity contribution in [2.45, 2.75) is 19.4 Å². The Labute approximate surface area is 109 Å². The van der Waals surface area contributed by atoms with E-state index in [1.807, 2.05) is 23.1 Å². The van der Waals surface area contributed by atoms with E-state index in [0.717, 1.165) is 23.7 Å². The number of alkyl halides is 1. The maximum atomic E-state index is 13.0. The topological polar surface area (TPSA) is 17.8 Å². The van der Waals surface area contributed by atoms with Crippen LogP contribution in [0.15, 0.2) is 36.7 Å². The molecule has 0 spiro atoms. The molecule has 1 aromatic heterocycles. The molecule has 1 aromatic carbocycles. The van der Waals surface area contributed by atoms with Gasteiger partial charge in [0.15, 0.2) is 0 Å². The molecule has 1 heterocycles. The Kier molecular flexibility index (Phi) is 4.31. The highest BCUT2D eigenvalue weighted by Crippen LogP contribution is 2.08. The molecule has 0 fully saturated rings. The quantitative estimate of drug-likeness (QED) is 0.773. The van der Waals surface area contributed by atoms with E-state index >= 15 is 0 Å². The summed E-state index contributed by atoms with van der Waals surface area (Å²) in [5.74, 6) is -0.200. The average Bonchev–Trinajstić information content (AvgIpc) is 2.74. The Balaban J connectivity index is 2.01. The summed E-state index contributed by atoms with van der Waals surface area (Å²) < 4.78 is 14.9. The number of hydrogen-bond acceptors (Lipinski definition) is 1. The second-order valence-electron chi connectivity index (χ2n) is 3.97. The molecule has 0 bridgehead atoms. The number of rotatable bonds is 5. The van der Waals surface area contributed by atoms with Crippen LogP contribution in [0.5, 0.6) is 0 Å². The van der Waals surface area contributed by atoms with Gasteiger partial charge in [0.25, 0.3) is 0 Å². The van der Waals surface area contributed by atoms with Crippen LogP contribution >= 0.6 is 15.9 Å². The first-order valence-corrected chi connectivity index (χ1v) is 6.72. The lowest BCUT2D eigenvalue weighted by Crippen LogP contribution is -2.00. The fourth-order valence-corrected chi connectivity index (χ4v) is 2.00. The average molecular weight is 297 g/mol. The van der Waals surface area contributed by atoms with Gasteiger partial charge in [-0.15, -0.1) is 0 Å². The minimum Gasteiger partial charge on any atom is -0.268 e. The summed E-state index contributed by atoms with van der Waals surface area (Å²) in [4.78, 5) is 0. The van der Waals surface area contributed by atoms with Crippen LogP contribution in [0, 0.1) is 5.82 Å². The van der Waals surface area contributed by atoms with Gasteiger partial charge in [0, 0.05) is 11.5 Å². The molecule has 0 atom stereocenters. The van der Waals surface area contributed by atoms with Crippen molar-refractivity contribution in [3.05, 3.63) is 53.6 Å². The molecule has 0 unspecified atom stereocenters. The van der Waals surface area contributed by atoms with Crippen LogP contribution in [0.1, 0.15) is 17.5 Å². The molecule has 2 nitrogen and oxygen atoms in total. The van der Waals surface area contributed by atoms with Crippen molar-refractivity contribution in [1.29, 1.82) is 0 Å². The van der Waals surface area contributed by atoms with Crippen LogP contribution in [-0.2, 0) is 13.0 Å². The minimum atomic E-state index is -0.200. The van der Waals surface area contributed by atoms with Crippen molar-refractivity contribution in [3.8, 4) is 0 Å². The second-order valence-corrected chi connectivity index (χ2v) is 4.76. The monoisotopic (exact) mass is 296 g/mol. The summed E-state index contributed by atoms with van der Waals surface area (Å²) in [5, 5.41) is 5.28. The summed E-state index contributed by atoms with van der Waals surface area (Å²) in [6, 6.07) is 6.62. The molecule has 4 heteroatoms. The largest absolute Gasteiger partial charge is 0.268 e. The van der Waals surface area contributed by atoms with Crippen LogP contribution in [0.25, 0.3) is 0 Å². The fourth-order valence-electron chi connectivity index (χ4n) is 1.72. The van der Waals surface area contributed by atoms with E-state index < -0.39 is 0 Å².